The molecule has 190 valence electrons. The zero-order valence-corrected chi connectivity index (χ0v) is 20.4. The molecule has 2 aromatic carbocycles. The summed E-state index contributed by atoms with van der Waals surface area (Å²) in [6.07, 6.45) is -0.800. The lowest BCUT2D eigenvalue weighted by Gasteiger charge is -2.24. The first kappa shape index (κ1) is 26.6. The summed E-state index contributed by atoms with van der Waals surface area (Å²) < 4.78 is 11.0. The van der Waals surface area contributed by atoms with Gasteiger partial charge in [-0.3, -0.25) is 24.1 Å². The Bertz CT molecular complexity index is 1120. The van der Waals surface area contributed by atoms with Crippen LogP contribution in [0.2, 0.25) is 0 Å². The van der Waals surface area contributed by atoms with Gasteiger partial charge in [0, 0.05) is 24.2 Å². The van der Waals surface area contributed by atoms with Gasteiger partial charge in [0.1, 0.15) is 5.60 Å². The number of imide groups is 1. The van der Waals surface area contributed by atoms with Gasteiger partial charge in [0.05, 0.1) is 30.4 Å². The molecular weight excluding hydrogens is 466 g/mol. The van der Waals surface area contributed by atoms with E-state index in [1.165, 1.54) is 12.1 Å². The van der Waals surface area contributed by atoms with Gasteiger partial charge in [-0.25, -0.2) is 4.79 Å². The number of hydrogen-bond donors (Lipinski definition) is 2. The van der Waals surface area contributed by atoms with Gasteiger partial charge >= 0.3 is 6.09 Å². The van der Waals surface area contributed by atoms with Crippen LogP contribution in [0.25, 0.3) is 0 Å². The fourth-order valence-corrected chi connectivity index (χ4v) is 3.59. The standard InChI is InChI=1S/C26H29N3O7/c1-26(2,3)36-25(34)27-12-13-35-18(14-28-22(31)19-9-5-4-8-17(19)16-30)15-29-23(32)20-10-6-7-11-21(20)24(29)33/h4-11,16,18H,12-15H2,1-3H3,(H,27,34)(H,28,31). The third-order valence-corrected chi connectivity index (χ3v) is 5.21. The number of benzene rings is 2. The predicted octanol–water partition coefficient (Wildman–Crippen LogP) is 2.44. The molecule has 10 nitrogen and oxygen atoms in total. The molecule has 0 bridgehead atoms. The molecule has 3 rings (SSSR count). The molecule has 0 saturated carbocycles. The highest BCUT2D eigenvalue weighted by molar-refractivity contribution is 6.21. The Hall–Kier alpha value is -4.05. The van der Waals surface area contributed by atoms with Crippen molar-refractivity contribution in [3.8, 4) is 0 Å². The van der Waals surface area contributed by atoms with Crippen molar-refractivity contribution < 1.29 is 33.4 Å². The van der Waals surface area contributed by atoms with E-state index < -0.39 is 35.5 Å². The maximum atomic E-state index is 12.8. The number of ether oxygens (including phenoxy) is 2. The largest absolute Gasteiger partial charge is 0.444 e. The van der Waals surface area contributed by atoms with Gasteiger partial charge < -0.3 is 20.1 Å². The van der Waals surface area contributed by atoms with E-state index >= 15 is 0 Å². The lowest BCUT2D eigenvalue weighted by atomic mass is 10.1. The first-order chi connectivity index (χ1) is 17.1. The molecular formula is C26H29N3O7. The van der Waals surface area contributed by atoms with Gasteiger partial charge in [-0.05, 0) is 39.0 Å². The second-order valence-corrected chi connectivity index (χ2v) is 9.10. The maximum absolute atomic E-state index is 12.8. The van der Waals surface area contributed by atoms with Crippen molar-refractivity contribution in [1.82, 2.24) is 15.5 Å². The zero-order valence-electron chi connectivity index (χ0n) is 20.4. The molecule has 0 aromatic heterocycles. The number of rotatable bonds is 10. The minimum atomic E-state index is -0.778. The van der Waals surface area contributed by atoms with Crippen molar-refractivity contribution in [2.24, 2.45) is 0 Å². The Morgan fingerprint density at radius 3 is 2.19 bits per heavy atom. The first-order valence-corrected chi connectivity index (χ1v) is 11.5. The van der Waals surface area contributed by atoms with E-state index in [0.717, 1.165) is 4.90 Å². The molecule has 10 heteroatoms. The second-order valence-electron chi connectivity index (χ2n) is 9.10. The number of nitrogens with one attached hydrogen (secondary N) is 2. The number of amides is 4. The van der Waals surface area contributed by atoms with Crippen LogP contribution in [0.5, 0.6) is 0 Å². The highest BCUT2D eigenvalue weighted by atomic mass is 16.6. The lowest BCUT2D eigenvalue weighted by Crippen LogP contribution is -2.45. The first-order valence-electron chi connectivity index (χ1n) is 11.5. The summed E-state index contributed by atoms with van der Waals surface area (Å²) in [5.41, 5.74) is 0.377. The summed E-state index contributed by atoms with van der Waals surface area (Å²) in [4.78, 5) is 62.4. The molecule has 0 spiro atoms. The zero-order chi connectivity index (χ0) is 26.3. The van der Waals surface area contributed by atoms with Gasteiger partial charge in [-0.15, -0.1) is 0 Å². The number of alkyl carbamates (subject to hydrolysis) is 1. The lowest BCUT2D eigenvalue weighted by molar-refractivity contribution is 0.0230. The summed E-state index contributed by atoms with van der Waals surface area (Å²) in [7, 11) is 0. The Kier molecular flexibility index (Phi) is 8.55. The van der Waals surface area contributed by atoms with Gasteiger partial charge in [0.2, 0.25) is 0 Å². The van der Waals surface area contributed by atoms with E-state index in [1.54, 1.807) is 57.2 Å². The second kappa shape index (κ2) is 11.6. The smallest absolute Gasteiger partial charge is 0.407 e. The van der Waals surface area contributed by atoms with Crippen LogP contribution in [-0.2, 0) is 9.47 Å². The molecule has 0 fully saturated rings. The van der Waals surface area contributed by atoms with Crippen molar-refractivity contribution in [1.29, 1.82) is 0 Å². The van der Waals surface area contributed by atoms with Crippen molar-refractivity contribution >= 4 is 30.1 Å². The van der Waals surface area contributed by atoms with Crippen LogP contribution in [0.1, 0.15) is 62.2 Å². The Labute approximate surface area is 208 Å². The van der Waals surface area contributed by atoms with Gasteiger partial charge in [-0.2, -0.15) is 0 Å². The van der Waals surface area contributed by atoms with E-state index in [9.17, 15) is 24.0 Å². The average Bonchev–Trinajstić information content (AvgIpc) is 3.08. The topological polar surface area (TPSA) is 131 Å². The minimum absolute atomic E-state index is 0.0356. The molecule has 1 atom stereocenters. The van der Waals surface area contributed by atoms with Gasteiger partial charge in [0.15, 0.2) is 6.29 Å². The highest BCUT2D eigenvalue weighted by Gasteiger charge is 2.36. The van der Waals surface area contributed by atoms with Crippen molar-refractivity contribution in [2.45, 2.75) is 32.5 Å². The van der Waals surface area contributed by atoms with Gasteiger partial charge in [-0.1, -0.05) is 30.3 Å². The molecule has 2 aromatic rings. The van der Waals surface area contributed by atoms with E-state index in [4.69, 9.17) is 9.47 Å². The summed E-state index contributed by atoms with van der Waals surface area (Å²) in [5.74, 6) is -1.40. The van der Waals surface area contributed by atoms with Crippen LogP contribution >= 0.6 is 0 Å². The summed E-state index contributed by atoms with van der Waals surface area (Å²) in [5, 5.41) is 5.26. The van der Waals surface area contributed by atoms with Gasteiger partial charge in [0.25, 0.3) is 17.7 Å². The molecule has 0 saturated heterocycles. The predicted molar refractivity (Wildman–Crippen MR) is 130 cm³/mol. The SMILES string of the molecule is CC(C)(C)OC(=O)NCCOC(CNC(=O)c1ccccc1C=O)CN1C(=O)c2ccccc2C1=O. The fraction of sp³-hybridized carbons (Fsp3) is 0.346. The highest BCUT2D eigenvalue weighted by Crippen LogP contribution is 2.22. The van der Waals surface area contributed by atoms with Crippen LogP contribution in [0.15, 0.2) is 48.5 Å². The van der Waals surface area contributed by atoms with Crippen LogP contribution in [0.3, 0.4) is 0 Å². The molecule has 0 radical (unpaired) electrons. The average molecular weight is 496 g/mol. The molecule has 1 heterocycles. The summed E-state index contributed by atoms with van der Waals surface area (Å²) in [6, 6.07) is 12.8. The van der Waals surface area contributed by atoms with Crippen LogP contribution in [0.4, 0.5) is 4.79 Å². The quantitative estimate of drug-likeness (QED) is 0.294. The van der Waals surface area contributed by atoms with E-state index in [-0.39, 0.29) is 37.4 Å². The number of aldehydes is 1. The number of fused-ring (bicyclic) bond motifs is 1. The molecule has 1 aliphatic heterocycles. The minimum Gasteiger partial charge on any atom is -0.444 e. The Balaban J connectivity index is 1.65. The Morgan fingerprint density at radius 2 is 1.58 bits per heavy atom. The molecule has 1 aliphatic rings. The van der Waals surface area contributed by atoms with E-state index in [1.807, 2.05) is 0 Å². The number of carbonyl (C=O) groups excluding carboxylic acids is 5. The molecule has 1 unspecified atom stereocenters. The van der Waals surface area contributed by atoms with E-state index in [2.05, 4.69) is 10.6 Å². The third-order valence-electron chi connectivity index (χ3n) is 5.21. The van der Waals surface area contributed by atoms with E-state index in [0.29, 0.717) is 17.4 Å². The summed E-state index contributed by atoms with van der Waals surface area (Å²) in [6.45, 7) is 5.20. The summed E-state index contributed by atoms with van der Waals surface area (Å²) >= 11 is 0. The van der Waals surface area contributed by atoms with Crippen LogP contribution < -0.4 is 10.6 Å². The normalized spacial score (nSPS) is 13.7. The monoisotopic (exact) mass is 495 g/mol. The van der Waals surface area contributed by atoms with Crippen LogP contribution in [0, 0.1) is 0 Å². The number of nitrogens with zero attached hydrogens (tertiary/aromatic N) is 1. The van der Waals surface area contributed by atoms with Crippen LogP contribution in [-0.4, -0.2) is 72.9 Å². The number of hydrogen-bond acceptors (Lipinski definition) is 7. The molecule has 4 amide bonds. The third kappa shape index (κ3) is 6.76. The molecule has 2 N–H and O–H groups in total. The number of carbonyl (C=O) groups is 5. The Morgan fingerprint density at radius 1 is 0.972 bits per heavy atom. The van der Waals surface area contributed by atoms with Crippen molar-refractivity contribution in [2.75, 3.05) is 26.2 Å². The van der Waals surface area contributed by atoms with Crippen molar-refractivity contribution in [3.05, 3.63) is 70.8 Å². The fourth-order valence-electron chi connectivity index (χ4n) is 3.59. The molecule has 36 heavy (non-hydrogen) atoms. The molecule has 0 aliphatic carbocycles. The van der Waals surface area contributed by atoms with Crippen molar-refractivity contribution in [3.63, 3.8) is 0 Å². The maximum Gasteiger partial charge on any atom is 0.407 e.